The highest BCUT2D eigenvalue weighted by Gasteiger charge is 2.19. The normalized spacial score (nSPS) is 11.3. The Balaban J connectivity index is 2.01. The van der Waals surface area contributed by atoms with Gasteiger partial charge in [0.1, 0.15) is 27.1 Å². The lowest BCUT2D eigenvalue weighted by molar-refractivity contribution is 0.411. The number of halogens is 1. The Bertz CT molecular complexity index is 1250. The monoisotopic (exact) mass is 444 g/mol. The Morgan fingerprint density at radius 3 is 2.70 bits per heavy atom. The first-order valence-electron chi connectivity index (χ1n) is 8.23. The summed E-state index contributed by atoms with van der Waals surface area (Å²) in [4.78, 5) is 25.1. The first kappa shape index (κ1) is 17.9. The topological polar surface area (TPSA) is 60.2 Å². The van der Waals surface area contributed by atoms with Gasteiger partial charge in [-0.1, -0.05) is 0 Å². The van der Waals surface area contributed by atoms with Gasteiger partial charge in [-0.15, -0.1) is 11.3 Å². The highest BCUT2D eigenvalue weighted by Crippen LogP contribution is 2.39. The second-order valence-electron chi connectivity index (χ2n) is 6.38. The van der Waals surface area contributed by atoms with Crippen LogP contribution < -0.4 is 15.2 Å². The molecular weight excluding hydrogens is 428 g/mol. The zero-order valence-corrected chi connectivity index (χ0v) is 17.7. The van der Waals surface area contributed by atoms with E-state index in [1.807, 2.05) is 44.1 Å². The third kappa shape index (κ3) is 2.80. The van der Waals surface area contributed by atoms with Crippen molar-refractivity contribution in [3.8, 4) is 11.4 Å². The number of hydrogen-bond donors (Lipinski definition) is 0. The molecule has 0 spiro atoms. The van der Waals surface area contributed by atoms with Gasteiger partial charge in [0.2, 0.25) is 0 Å². The van der Waals surface area contributed by atoms with Crippen molar-refractivity contribution in [3.05, 3.63) is 51.1 Å². The molecule has 0 aliphatic carbocycles. The Hall–Kier alpha value is -2.45. The van der Waals surface area contributed by atoms with Crippen LogP contribution in [0.2, 0.25) is 0 Å². The minimum absolute atomic E-state index is 0.103. The maximum absolute atomic E-state index is 13.2. The first-order chi connectivity index (χ1) is 12.9. The molecule has 0 saturated heterocycles. The summed E-state index contributed by atoms with van der Waals surface area (Å²) < 4.78 is 8.33. The van der Waals surface area contributed by atoms with Gasteiger partial charge in [-0.25, -0.2) is 9.97 Å². The van der Waals surface area contributed by atoms with Gasteiger partial charge in [-0.05, 0) is 46.6 Å². The number of nitrogens with zero attached hydrogens (tertiary/aromatic N) is 4. The molecule has 1 aromatic carbocycles. The fourth-order valence-electron chi connectivity index (χ4n) is 3.19. The first-order valence-corrected chi connectivity index (χ1v) is 9.84. The standard InChI is InChI=1S/C19H17BrN4O2S/c1-10-7-11(5-6-13(10)26-4)24-9-22-15-14-16(23(2)3)12(20)8-21-18(14)27-17(15)19(24)25/h5-9H,1-4H3. The fraction of sp³-hybridized carbons (Fsp3) is 0.211. The summed E-state index contributed by atoms with van der Waals surface area (Å²) in [6.45, 7) is 1.95. The quantitative estimate of drug-likeness (QED) is 0.475. The minimum Gasteiger partial charge on any atom is -0.496 e. The lowest BCUT2D eigenvalue weighted by Gasteiger charge is -2.15. The van der Waals surface area contributed by atoms with Crippen molar-refractivity contribution >= 4 is 53.4 Å². The zero-order valence-electron chi connectivity index (χ0n) is 15.3. The number of anilines is 1. The Morgan fingerprint density at radius 2 is 2.04 bits per heavy atom. The van der Waals surface area contributed by atoms with E-state index in [1.165, 1.54) is 11.3 Å². The third-order valence-electron chi connectivity index (χ3n) is 4.44. The molecule has 0 atom stereocenters. The molecule has 0 aliphatic rings. The van der Waals surface area contributed by atoms with Crippen molar-refractivity contribution in [2.75, 3.05) is 26.1 Å². The predicted molar refractivity (Wildman–Crippen MR) is 114 cm³/mol. The van der Waals surface area contributed by atoms with Crippen LogP contribution in [0.15, 0.2) is 40.0 Å². The molecule has 138 valence electrons. The molecular formula is C19H17BrN4O2S. The number of rotatable bonds is 3. The average molecular weight is 445 g/mol. The number of aryl methyl sites for hydroxylation is 1. The van der Waals surface area contributed by atoms with Gasteiger partial charge in [0.15, 0.2) is 0 Å². The number of benzene rings is 1. The number of aromatic nitrogens is 3. The van der Waals surface area contributed by atoms with E-state index in [9.17, 15) is 4.79 Å². The van der Waals surface area contributed by atoms with Crippen LogP contribution in [0, 0.1) is 6.92 Å². The molecule has 0 amide bonds. The maximum atomic E-state index is 13.2. The summed E-state index contributed by atoms with van der Waals surface area (Å²) in [6, 6.07) is 5.63. The Labute approximate surface area is 168 Å². The van der Waals surface area contributed by atoms with Crippen LogP contribution >= 0.6 is 27.3 Å². The van der Waals surface area contributed by atoms with Gasteiger partial charge < -0.3 is 9.64 Å². The summed E-state index contributed by atoms with van der Waals surface area (Å²) >= 11 is 4.93. The van der Waals surface area contributed by atoms with Crippen LogP contribution in [-0.4, -0.2) is 35.7 Å². The highest BCUT2D eigenvalue weighted by molar-refractivity contribution is 9.10. The SMILES string of the molecule is COc1ccc(-n2cnc3c(sc4ncc(Br)c(N(C)C)c43)c2=O)cc1C. The Morgan fingerprint density at radius 1 is 1.26 bits per heavy atom. The van der Waals surface area contributed by atoms with Crippen LogP contribution in [0.1, 0.15) is 5.56 Å². The average Bonchev–Trinajstić information content (AvgIpc) is 3.01. The maximum Gasteiger partial charge on any atom is 0.275 e. The van der Waals surface area contributed by atoms with Crippen molar-refractivity contribution in [1.29, 1.82) is 0 Å². The number of fused-ring (bicyclic) bond motifs is 3. The summed E-state index contributed by atoms with van der Waals surface area (Å²) in [7, 11) is 5.56. The number of methoxy groups -OCH3 is 1. The van der Waals surface area contributed by atoms with Gasteiger partial charge >= 0.3 is 0 Å². The summed E-state index contributed by atoms with van der Waals surface area (Å²) in [6.07, 6.45) is 3.34. The van der Waals surface area contributed by atoms with Crippen molar-refractivity contribution in [3.63, 3.8) is 0 Å². The van der Waals surface area contributed by atoms with Crippen LogP contribution in [0.25, 0.3) is 26.1 Å². The molecule has 0 aliphatic heterocycles. The van der Waals surface area contributed by atoms with Gasteiger partial charge in [-0.3, -0.25) is 9.36 Å². The molecule has 6 nitrogen and oxygen atoms in total. The lowest BCUT2D eigenvalue weighted by atomic mass is 10.2. The molecule has 4 aromatic rings. The van der Waals surface area contributed by atoms with Crippen LogP contribution in [0.4, 0.5) is 5.69 Å². The second kappa shape index (κ2) is 6.61. The van der Waals surface area contributed by atoms with Gasteiger partial charge in [0.05, 0.1) is 28.3 Å². The highest BCUT2D eigenvalue weighted by atomic mass is 79.9. The molecule has 0 unspecified atom stereocenters. The van der Waals surface area contributed by atoms with E-state index in [2.05, 4.69) is 25.9 Å². The minimum atomic E-state index is -0.103. The van der Waals surface area contributed by atoms with Gasteiger partial charge in [0.25, 0.3) is 5.56 Å². The number of ether oxygens (including phenoxy) is 1. The van der Waals surface area contributed by atoms with E-state index >= 15 is 0 Å². The largest absolute Gasteiger partial charge is 0.496 e. The van der Waals surface area contributed by atoms with Crippen molar-refractivity contribution in [2.45, 2.75) is 6.92 Å². The third-order valence-corrected chi connectivity index (χ3v) is 6.10. The summed E-state index contributed by atoms with van der Waals surface area (Å²) in [5.41, 5.74) is 3.26. The number of pyridine rings is 1. The summed E-state index contributed by atoms with van der Waals surface area (Å²) in [5, 5.41) is 0.893. The van der Waals surface area contributed by atoms with Crippen molar-refractivity contribution in [2.24, 2.45) is 0 Å². The van der Waals surface area contributed by atoms with Crippen molar-refractivity contribution < 1.29 is 4.74 Å². The lowest BCUT2D eigenvalue weighted by Crippen LogP contribution is -2.18. The zero-order chi connectivity index (χ0) is 19.3. The van der Waals surface area contributed by atoms with E-state index in [1.54, 1.807) is 24.2 Å². The molecule has 0 radical (unpaired) electrons. The summed E-state index contributed by atoms with van der Waals surface area (Å²) in [5.74, 6) is 0.785. The molecule has 3 aromatic heterocycles. The fourth-order valence-corrected chi connectivity index (χ4v) is 4.88. The van der Waals surface area contributed by atoms with Gasteiger partial charge in [-0.2, -0.15) is 0 Å². The van der Waals surface area contributed by atoms with E-state index in [0.717, 1.165) is 37.4 Å². The van der Waals surface area contributed by atoms with Gasteiger partial charge in [0, 0.05) is 20.3 Å². The Kier molecular flexibility index (Phi) is 4.39. The molecule has 8 heteroatoms. The van der Waals surface area contributed by atoms with Crippen LogP contribution in [-0.2, 0) is 0 Å². The molecule has 0 saturated carbocycles. The molecule has 0 fully saturated rings. The van der Waals surface area contributed by atoms with Crippen molar-refractivity contribution in [1.82, 2.24) is 14.5 Å². The number of hydrogen-bond acceptors (Lipinski definition) is 6. The second-order valence-corrected chi connectivity index (χ2v) is 8.24. The smallest absolute Gasteiger partial charge is 0.275 e. The predicted octanol–water partition coefficient (Wildman–Crippen LogP) is 4.14. The number of thiophene rings is 1. The van der Waals surface area contributed by atoms with Crippen LogP contribution in [0.5, 0.6) is 5.75 Å². The molecule has 0 N–H and O–H groups in total. The van der Waals surface area contributed by atoms with E-state index in [0.29, 0.717) is 10.2 Å². The van der Waals surface area contributed by atoms with Crippen LogP contribution in [0.3, 0.4) is 0 Å². The van der Waals surface area contributed by atoms with E-state index in [4.69, 9.17) is 4.74 Å². The molecule has 4 rings (SSSR count). The molecule has 3 heterocycles. The molecule has 0 bridgehead atoms. The van der Waals surface area contributed by atoms with E-state index in [-0.39, 0.29) is 5.56 Å². The van der Waals surface area contributed by atoms with E-state index < -0.39 is 0 Å². The molecule has 27 heavy (non-hydrogen) atoms.